The standard InChI is InChI=1S/C11H8BrF2NO/c1-16-7-4-6(13)8(10(14)9(7)12)11(5-15)2-3-11/h4H,2-3H2,1H3. The number of nitriles is 1. The van der Waals surface area contributed by atoms with E-state index in [0.717, 1.165) is 6.07 Å². The SMILES string of the molecule is COc1cc(F)c(C2(C#N)CC2)c(F)c1Br. The number of halogens is 3. The van der Waals surface area contributed by atoms with Gasteiger partial charge in [0.2, 0.25) is 0 Å². The van der Waals surface area contributed by atoms with E-state index in [1.807, 2.05) is 6.07 Å². The maximum absolute atomic E-state index is 13.9. The molecule has 0 aliphatic heterocycles. The minimum Gasteiger partial charge on any atom is -0.495 e. The lowest BCUT2D eigenvalue weighted by Crippen LogP contribution is -2.10. The maximum atomic E-state index is 13.9. The zero-order valence-corrected chi connectivity index (χ0v) is 10.1. The molecule has 84 valence electrons. The summed E-state index contributed by atoms with van der Waals surface area (Å²) in [5, 5.41) is 8.95. The fourth-order valence-electron chi connectivity index (χ4n) is 1.70. The van der Waals surface area contributed by atoms with Gasteiger partial charge in [0.05, 0.1) is 23.1 Å². The van der Waals surface area contributed by atoms with Crippen LogP contribution < -0.4 is 4.74 Å². The first kappa shape index (κ1) is 11.3. The summed E-state index contributed by atoms with van der Waals surface area (Å²) in [6.07, 6.45) is 0.992. The highest BCUT2D eigenvalue weighted by atomic mass is 79.9. The van der Waals surface area contributed by atoms with Gasteiger partial charge in [-0.2, -0.15) is 5.26 Å². The predicted molar refractivity (Wildman–Crippen MR) is 57.1 cm³/mol. The summed E-state index contributed by atoms with van der Waals surface area (Å²) < 4.78 is 32.5. The summed E-state index contributed by atoms with van der Waals surface area (Å²) in [6, 6.07) is 3.07. The van der Waals surface area contributed by atoms with Crippen molar-refractivity contribution in [2.45, 2.75) is 18.3 Å². The third-order valence-corrected chi connectivity index (χ3v) is 3.53. The van der Waals surface area contributed by atoms with E-state index in [4.69, 9.17) is 10.00 Å². The maximum Gasteiger partial charge on any atom is 0.148 e. The van der Waals surface area contributed by atoms with Crippen LogP contribution in [0.4, 0.5) is 8.78 Å². The molecule has 0 aromatic heterocycles. The quantitative estimate of drug-likeness (QED) is 0.782. The van der Waals surface area contributed by atoms with E-state index in [1.54, 1.807) is 0 Å². The molecule has 1 aliphatic rings. The second kappa shape index (κ2) is 3.70. The Morgan fingerprint density at radius 2 is 2.12 bits per heavy atom. The number of methoxy groups -OCH3 is 1. The largest absolute Gasteiger partial charge is 0.495 e. The zero-order chi connectivity index (χ0) is 11.9. The van der Waals surface area contributed by atoms with Crippen LogP contribution in [0.25, 0.3) is 0 Å². The molecule has 5 heteroatoms. The Kier molecular flexibility index (Phi) is 2.62. The highest BCUT2D eigenvalue weighted by Crippen LogP contribution is 2.51. The molecule has 0 heterocycles. The fourth-order valence-corrected chi connectivity index (χ4v) is 2.18. The van der Waals surface area contributed by atoms with Crippen LogP contribution in [0.3, 0.4) is 0 Å². The van der Waals surface area contributed by atoms with E-state index in [9.17, 15) is 8.78 Å². The molecule has 0 N–H and O–H groups in total. The molecule has 1 aromatic rings. The Labute approximate surface area is 100.0 Å². The number of nitrogens with zero attached hydrogens (tertiary/aromatic N) is 1. The van der Waals surface area contributed by atoms with E-state index in [0.29, 0.717) is 12.8 Å². The van der Waals surface area contributed by atoms with Crippen LogP contribution in [0.1, 0.15) is 18.4 Å². The molecule has 2 nitrogen and oxygen atoms in total. The Balaban J connectivity index is 2.65. The van der Waals surface area contributed by atoms with E-state index in [2.05, 4.69) is 15.9 Å². The first-order valence-electron chi connectivity index (χ1n) is 4.69. The predicted octanol–water partition coefficient (Wildman–Crippen LogP) is 3.29. The molecular formula is C11H8BrF2NO. The molecule has 0 spiro atoms. The van der Waals surface area contributed by atoms with Crippen LogP contribution in [0, 0.1) is 23.0 Å². The number of hydrogen-bond acceptors (Lipinski definition) is 2. The monoisotopic (exact) mass is 287 g/mol. The van der Waals surface area contributed by atoms with Gasteiger partial charge in [-0.05, 0) is 28.8 Å². The second-order valence-corrected chi connectivity index (χ2v) is 4.55. The average Bonchev–Trinajstić information content (AvgIpc) is 3.04. The van der Waals surface area contributed by atoms with Gasteiger partial charge in [0, 0.05) is 11.6 Å². The van der Waals surface area contributed by atoms with Crippen molar-refractivity contribution in [3.8, 4) is 11.8 Å². The van der Waals surface area contributed by atoms with Crippen LogP contribution in [0.5, 0.6) is 5.75 Å². The zero-order valence-electron chi connectivity index (χ0n) is 8.48. The van der Waals surface area contributed by atoms with Crippen molar-refractivity contribution in [1.82, 2.24) is 0 Å². The molecule has 16 heavy (non-hydrogen) atoms. The molecular weight excluding hydrogens is 280 g/mol. The third-order valence-electron chi connectivity index (χ3n) is 2.79. The van der Waals surface area contributed by atoms with Crippen molar-refractivity contribution < 1.29 is 13.5 Å². The molecule has 1 aliphatic carbocycles. The van der Waals surface area contributed by atoms with Gasteiger partial charge in [0.25, 0.3) is 0 Å². The van der Waals surface area contributed by atoms with Gasteiger partial charge in [-0.25, -0.2) is 8.78 Å². The minimum absolute atomic E-state index is 0.0629. The highest BCUT2D eigenvalue weighted by Gasteiger charge is 2.49. The van der Waals surface area contributed by atoms with Crippen molar-refractivity contribution in [2.24, 2.45) is 0 Å². The molecule has 1 saturated carbocycles. The lowest BCUT2D eigenvalue weighted by Gasteiger charge is -2.13. The van der Waals surface area contributed by atoms with Crippen LogP contribution >= 0.6 is 15.9 Å². The second-order valence-electron chi connectivity index (χ2n) is 3.76. The van der Waals surface area contributed by atoms with Crippen LogP contribution in [0.2, 0.25) is 0 Å². The lowest BCUT2D eigenvalue weighted by atomic mass is 9.96. The van der Waals surface area contributed by atoms with Crippen molar-refractivity contribution >= 4 is 15.9 Å². The number of hydrogen-bond donors (Lipinski definition) is 0. The van der Waals surface area contributed by atoms with Crippen LogP contribution in [-0.2, 0) is 5.41 Å². The van der Waals surface area contributed by atoms with E-state index >= 15 is 0 Å². The fraction of sp³-hybridized carbons (Fsp3) is 0.364. The van der Waals surface area contributed by atoms with Gasteiger partial charge in [-0.15, -0.1) is 0 Å². The Morgan fingerprint density at radius 3 is 2.56 bits per heavy atom. The van der Waals surface area contributed by atoms with Gasteiger partial charge in [0.15, 0.2) is 0 Å². The van der Waals surface area contributed by atoms with E-state index in [-0.39, 0.29) is 15.8 Å². The van der Waals surface area contributed by atoms with Gasteiger partial charge >= 0.3 is 0 Å². The summed E-state index contributed by atoms with van der Waals surface area (Å²) in [7, 11) is 1.33. The molecule has 1 fully saturated rings. The minimum atomic E-state index is -0.983. The van der Waals surface area contributed by atoms with Gasteiger partial charge < -0.3 is 4.74 Å². The normalized spacial score (nSPS) is 16.7. The molecule has 0 radical (unpaired) electrons. The van der Waals surface area contributed by atoms with Crippen molar-refractivity contribution in [3.63, 3.8) is 0 Å². The molecule has 0 bridgehead atoms. The lowest BCUT2D eigenvalue weighted by molar-refractivity contribution is 0.400. The van der Waals surface area contributed by atoms with Crippen molar-refractivity contribution in [1.29, 1.82) is 5.26 Å². The van der Waals surface area contributed by atoms with Crippen molar-refractivity contribution in [2.75, 3.05) is 7.11 Å². The molecule has 0 atom stereocenters. The highest BCUT2D eigenvalue weighted by molar-refractivity contribution is 9.10. The summed E-state index contributed by atoms with van der Waals surface area (Å²) in [5.41, 5.74) is -1.13. The number of ether oxygens (including phenoxy) is 1. The Hall–Kier alpha value is -1.15. The summed E-state index contributed by atoms with van der Waals surface area (Å²) >= 11 is 3.00. The van der Waals surface area contributed by atoms with E-state index < -0.39 is 17.0 Å². The summed E-state index contributed by atoms with van der Waals surface area (Å²) in [4.78, 5) is 0. The average molecular weight is 288 g/mol. The number of benzene rings is 1. The molecule has 0 saturated heterocycles. The van der Waals surface area contributed by atoms with Gasteiger partial charge in [-0.3, -0.25) is 0 Å². The summed E-state index contributed by atoms with van der Waals surface area (Å²) in [5.74, 6) is -1.38. The molecule has 0 unspecified atom stereocenters. The van der Waals surface area contributed by atoms with Crippen LogP contribution in [-0.4, -0.2) is 7.11 Å². The van der Waals surface area contributed by atoms with Crippen LogP contribution in [0.15, 0.2) is 10.5 Å². The summed E-state index contributed by atoms with van der Waals surface area (Å²) in [6.45, 7) is 0. The third kappa shape index (κ3) is 1.49. The molecule has 1 aromatic carbocycles. The smallest absolute Gasteiger partial charge is 0.148 e. The van der Waals surface area contributed by atoms with Gasteiger partial charge in [-0.1, -0.05) is 0 Å². The Bertz CT molecular complexity index is 492. The topological polar surface area (TPSA) is 33.0 Å². The first-order valence-corrected chi connectivity index (χ1v) is 5.48. The Morgan fingerprint density at radius 1 is 1.50 bits per heavy atom. The number of rotatable bonds is 2. The molecule has 2 rings (SSSR count). The van der Waals surface area contributed by atoms with E-state index in [1.165, 1.54) is 7.11 Å². The molecule has 0 amide bonds. The van der Waals surface area contributed by atoms with Gasteiger partial charge in [0.1, 0.15) is 17.4 Å². The first-order chi connectivity index (χ1) is 7.55. The van der Waals surface area contributed by atoms with Crippen molar-refractivity contribution in [3.05, 3.63) is 27.7 Å².